The van der Waals surface area contributed by atoms with E-state index < -0.39 is 0 Å². The van der Waals surface area contributed by atoms with Crippen molar-refractivity contribution in [3.8, 4) is 0 Å². The number of carbonyl (C=O) groups excluding carboxylic acids is 1. The van der Waals surface area contributed by atoms with Gasteiger partial charge < -0.3 is 4.90 Å². The van der Waals surface area contributed by atoms with Crippen molar-refractivity contribution in [2.24, 2.45) is 0 Å². The molecule has 0 saturated heterocycles. The molecular formula is C14H14N2OS. The smallest absolute Gasteiger partial charge is 0.264 e. The third-order valence-corrected chi connectivity index (χ3v) is 3.90. The first-order valence-electron chi connectivity index (χ1n) is 6.09. The van der Waals surface area contributed by atoms with Gasteiger partial charge in [-0.15, -0.1) is 11.3 Å². The Bertz CT molecular complexity index is 520. The summed E-state index contributed by atoms with van der Waals surface area (Å²) in [6, 6.07) is 10.0. The Morgan fingerprint density at radius 1 is 1.33 bits per heavy atom. The fourth-order valence-electron chi connectivity index (χ4n) is 1.96. The number of hydrogen-bond acceptors (Lipinski definition) is 3. The van der Waals surface area contributed by atoms with Crippen LogP contribution in [0.25, 0.3) is 0 Å². The molecule has 0 spiro atoms. The van der Waals surface area contributed by atoms with Crippen LogP contribution in [0.3, 0.4) is 0 Å². The van der Waals surface area contributed by atoms with Crippen molar-refractivity contribution in [1.29, 1.82) is 0 Å². The van der Waals surface area contributed by atoms with E-state index in [0.29, 0.717) is 12.6 Å². The van der Waals surface area contributed by atoms with Gasteiger partial charge in [-0.3, -0.25) is 9.78 Å². The van der Waals surface area contributed by atoms with Crippen molar-refractivity contribution in [3.63, 3.8) is 0 Å². The van der Waals surface area contributed by atoms with Crippen molar-refractivity contribution in [1.82, 2.24) is 9.88 Å². The maximum Gasteiger partial charge on any atom is 0.264 e. The summed E-state index contributed by atoms with van der Waals surface area (Å²) in [4.78, 5) is 19.5. The number of carbonyl (C=O) groups is 1. The molecule has 2 heterocycles. The molecule has 2 aromatic rings. The Labute approximate surface area is 110 Å². The van der Waals surface area contributed by atoms with Crippen molar-refractivity contribution in [3.05, 3.63) is 52.5 Å². The van der Waals surface area contributed by atoms with Crippen LogP contribution in [-0.2, 0) is 6.54 Å². The second kappa shape index (κ2) is 4.90. The zero-order valence-electron chi connectivity index (χ0n) is 9.95. The SMILES string of the molecule is O=C(c1cccs1)N(Cc1ccccn1)C1CC1. The standard InChI is InChI=1S/C14H14N2OS/c17-14(13-5-3-9-18-13)16(12-6-7-12)10-11-4-1-2-8-15-11/h1-5,8-9,12H,6-7,10H2. The van der Waals surface area contributed by atoms with Crippen LogP contribution in [-0.4, -0.2) is 21.8 Å². The summed E-state index contributed by atoms with van der Waals surface area (Å²) in [7, 11) is 0. The predicted octanol–water partition coefficient (Wildman–Crippen LogP) is 2.95. The summed E-state index contributed by atoms with van der Waals surface area (Å²) >= 11 is 1.50. The Kier molecular flexibility index (Phi) is 3.11. The van der Waals surface area contributed by atoms with Gasteiger partial charge in [-0.2, -0.15) is 0 Å². The van der Waals surface area contributed by atoms with E-state index in [9.17, 15) is 4.79 Å². The fourth-order valence-corrected chi connectivity index (χ4v) is 2.64. The second-order valence-corrected chi connectivity index (χ2v) is 5.41. The van der Waals surface area contributed by atoms with E-state index in [0.717, 1.165) is 23.4 Å². The topological polar surface area (TPSA) is 33.2 Å². The second-order valence-electron chi connectivity index (χ2n) is 4.46. The van der Waals surface area contributed by atoms with Gasteiger partial charge in [0.15, 0.2) is 0 Å². The highest BCUT2D eigenvalue weighted by Gasteiger charge is 2.33. The molecule has 0 radical (unpaired) electrons. The number of nitrogens with zero attached hydrogens (tertiary/aromatic N) is 2. The van der Waals surface area contributed by atoms with Crippen LogP contribution >= 0.6 is 11.3 Å². The molecule has 92 valence electrons. The monoisotopic (exact) mass is 258 g/mol. The lowest BCUT2D eigenvalue weighted by atomic mass is 10.3. The Morgan fingerprint density at radius 3 is 2.83 bits per heavy atom. The average Bonchev–Trinajstić information content (AvgIpc) is 3.10. The first-order chi connectivity index (χ1) is 8.84. The van der Waals surface area contributed by atoms with Crippen molar-refractivity contribution in [2.45, 2.75) is 25.4 Å². The molecule has 18 heavy (non-hydrogen) atoms. The van der Waals surface area contributed by atoms with Crippen LogP contribution < -0.4 is 0 Å². The molecular weight excluding hydrogens is 244 g/mol. The number of thiophene rings is 1. The first kappa shape index (κ1) is 11.4. The molecule has 1 amide bonds. The van der Waals surface area contributed by atoms with Crippen molar-refractivity contribution in [2.75, 3.05) is 0 Å². The van der Waals surface area contributed by atoms with Gasteiger partial charge in [-0.1, -0.05) is 12.1 Å². The van der Waals surface area contributed by atoms with E-state index in [4.69, 9.17) is 0 Å². The minimum absolute atomic E-state index is 0.137. The number of aromatic nitrogens is 1. The first-order valence-corrected chi connectivity index (χ1v) is 6.97. The Hall–Kier alpha value is -1.68. The average molecular weight is 258 g/mol. The summed E-state index contributed by atoms with van der Waals surface area (Å²) in [6.07, 6.45) is 4.00. The van der Waals surface area contributed by atoms with Crippen molar-refractivity contribution < 1.29 is 4.79 Å². The van der Waals surface area contributed by atoms with Gasteiger partial charge in [0, 0.05) is 12.2 Å². The van der Waals surface area contributed by atoms with Gasteiger partial charge >= 0.3 is 0 Å². The highest BCUT2D eigenvalue weighted by molar-refractivity contribution is 7.12. The molecule has 1 aliphatic rings. The molecule has 1 fully saturated rings. The molecule has 2 aromatic heterocycles. The van der Waals surface area contributed by atoms with Crippen LogP contribution in [0.4, 0.5) is 0 Å². The van der Waals surface area contributed by atoms with Crippen LogP contribution in [0.1, 0.15) is 28.2 Å². The van der Waals surface area contributed by atoms with Gasteiger partial charge in [0.05, 0.1) is 17.1 Å². The Balaban J connectivity index is 1.79. The lowest BCUT2D eigenvalue weighted by Gasteiger charge is -2.21. The molecule has 0 aromatic carbocycles. The van der Waals surface area contributed by atoms with Crippen molar-refractivity contribution >= 4 is 17.2 Å². The highest BCUT2D eigenvalue weighted by Crippen LogP contribution is 2.30. The van der Waals surface area contributed by atoms with E-state index in [1.807, 2.05) is 40.6 Å². The van der Waals surface area contributed by atoms with Gasteiger partial charge in [-0.25, -0.2) is 0 Å². The Morgan fingerprint density at radius 2 is 2.22 bits per heavy atom. The fraction of sp³-hybridized carbons (Fsp3) is 0.286. The molecule has 1 aliphatic carbocycles. The molecule has 0 unspecified atom stereocenters. The predicted molar refractivity (Wildman–Crippen MR) is 71.5 cm³/mol. The minimum Gasteiger partial charge on any atom is -0.329 e. The minimum atomic E-state index is 0.137. The molecule has 0 bridgehead atoms. The maximum atomic E-state index is 12.4. The molecule has 0 atom stereocenters. The van der Waals surface area contributed by atoms with E-state index >= 15 is 0 Å². The summed E-state index contributed by atoms with van der Waals surface area (Å²) in [5.74, 6) is 0.137. The van der Waals surface area contributed by atoms with E-state index in [2.05, 4.69) is 4.98 Å². The summed E-state index contributed by atoms with van der Waals surface area (Å²) in [5.41, 5.74) is 0.953. The zero-order chi connectivity index (χ0) is 12.4. The largest absolute Gasteiger partial charge is 0.329 e. The van der Waals surface area contributed by atoms with E-state index in [1.54, 1.807) is 6.20 Å². The third-order valence-electron chi connectivity index (χ3n) is 3.04. The van der Waals surface area contributed by atoms with Crippen LogP contribution in [0, 0.1) is 0 Å². The molecule has 3 nitrogen and oxygen atoms in total. The molecule has 0 N–H and O–H groups in total. The molecule has 0 aliphatic heterocycles. The van der Waals surface area contributed by atoms with Gasteiger partial charge in [0.1, 0.15) is 0 Å². The normalized spacial score (nSPS) is 14.4. The lowest BCUT2D eigenvalue weighted by Crippen LogP contribution is -2.32. The number of rotatable bonds is 4. The zero-order valence-corrected chi connectivity index (χ0v) is 10.8. The molecule has 4 heteroatoms. The van der Waals surface area contributed by atoms with Gasteiger partial charge in [-0.05, 0) is 36.4 Å². The molecule has 1 saturated carbocycles. The highest BCUT2D eigenvalue weighted by atomic mass is 32.1. The summed E-state index contributed by atoms with van der Waals surface area (Å²) < 4.78 is 0. The third kappa shape index (κ3) is 2.43. The van der Waals surface area contributed by atoms with Gasteiger partial charge in [0.2, 0.25) is 0 Å². The van der Waals surface area contributed by atoms with Gasteiger partial charge in [0.25, 0.3) is 5.91 Å². The quantitative estimate of drug-likeness (QED) is 0.844. The number of hydrogen-bond donors (Lipinski definition) is 0. The van der Waals surface area contributed by atoms with Crippen LogP contribution in [0.2, 0.25) is 0 Å². The number of pyridine rings is 1. The van der Waals surface area contributed by atoms with E-state index in [1.165, 1.54) is 11.3 Å². The maximum absolute atomic E-state index is 12.4. The van der Waals surface area contributed by atoms with Crippen LogP contribution in [0.5, 0.6) is 0 Å². The molecule has 3 rings (SSSR count). The van der Waals surface area contributed by atoms with Crippen LogP contribution in [0.15, 0.2) is 41.9 Å². The van der Waals surface area contributed by atoms with E-state index in [-0.39, 0.29) is 5.91 Å². The lowest BCUT2D eigenvalue weighted by molar-refractivity contribution is 0.0732. The summed E-state index contributed by atoms with van der Waals surface area (Å²) in [5, 5.41) is 1.94. The summed E-state index contributed by atoms with van der Waals surface area (Å²) in [6.45, 7) is 0.613. The number of amides is 1.